The number of amides is 3. The lowest BCUT2D eigenvalue weighted by atomic mass is 9.54. The molecular formula is C26H32N4O2. The van der Waals surface area contributed by atoms with Gasteiger partial charge in [-0.15, -0.1) is 0 Å². The summed E-state index contributed by atoms with van der Waals surface area (Å²) in [6.07, 6.45) is 8.28. The first-order valence-electron chi connectivity index (χ1n) is 11.8. The van der Waals surface area contributed by atoms with Gasteiger partial charge in [0.05, 0.1) is 0 Å². The molecule has 0 aliphatic heterocycles. The van der Waals surface area contributed by atoms with Crippen LogP contribution in [0.25, 0.3) is 0 Å². The third-order valence-corrected chi connectivity index (χ3v) is 7.77. The molecule has 1 N–H and O–H groups in total. The van der Waals surface area contributed by atoms with E-state index in [0.29, 0.717) is 35.8 Å². The van der Waals surface area contributed by atoms with E-state index in [4.69, 9.17) is 0 Å². The fourth-order valence-corrected chi connectivity index (χ4v) is 6.40. The summed E-state index contributed by atoms with van der Waals surface area (Å²) in [5.41, 5.74) is 1.68. The minimum absolute atomic E-state index is 0.0355. The summed E-state index contributed by atoms with van der Waals surface area (Å²) in [4.78, 5) is 33.1. The molecule has 0 saturated heterocycles. The number of rotatable bonds is 5. The average Bonchev–Trinajstić information content (AvgIpc) is 2.81. The summed E-state index contributed by atoms with van der Waals surface area (Å²) in [7, 11) is 3.49. The zero-order valence-corrected chi connectivity index (χ0v) is 18.9. The Labute approximate surface area is 190 Å². The molecule has 1 heterocycles. The van der Waals surface area contributed by atoms with Crippen LogP contribution in [0.5, 0.6) is 0 Å². The predicted octanol–water partition coefficient (Wildman–Crippen LogP) is 4.32. The zero-order valence-electron chi connectivity index (χ0n) is 18.9. The van der Waals surface area contributed by atoms with E-state index in [2.05, 4.69) is 10.3 Å². The van der Waals surface area contributed by atoms with E-state index in [1.165, 1.54) is 37.0 Å². The Morgan fingerprint density at radius 2 is 1.59 bits per heavy atom. The highest BCUT2D eigenvalue weighted by molar-refractivity contribution is 5.94. The molecule has 0 unspecified atom stereocenters. The molecule has 6 rings (SSSR count). The molecule has 0 atom stereocenters. The molecule has 4 aliphatic rings. The molecule has 0 spiro atoms. The van der Waals surface area contributed by atoms with Gasteiger partial charge < -0.3 is 10.2 Å². The smallest absolute Gasteiger partial charge is 0.325 e. The minimum atomic E-state index is -0.132. The average molecular weight is 433 g/mol. The van der Waals surface area contributed by atoms with Crippen LogP contribution < -0.4 is 10.2 Å². The van der Waals surface area contributed by atoms with Crippen LogP contribution in [0.4, 0.5) is 10.6 Å². The number of aromatic nitrogens is 1. The van der Waals surface area contributed by atoms with Gasteiger partial charge >= 0.3 is 6.03 Å². The highest BCUT2D eigenvalue weighted by Gasteiger charge is 2.48. The molecule has 0 radical (unpaired) electrons. The monoisotopic (exact) mass is 432 g/mol. The molecule has 168 valence electrons. The SMILES string of the molecule is CN(Cc1ccc(C(=O)NC2C3CC4CC(C3)CC2C4)cc1)C(=O)N(C)c1ccccn1. The van der Waals surface area contributed by atoms with Crippen LogP contribution in [-0.2, 0) is 6.54 Å². The van der Waals surface area contributed by atoms with Gasteiger partial charge in [-0.2, -0.15) is 0 Å². The molecule has 32 heavy (non-hydrogen) atoms. The van der Waals surface area contributed by atoms with E-state index < -0.39 is 0 Å². The van der Waals surface area contributed by atoms with Gasteiger partial charge in [0.15, 0.2) is 0 Å². The lowest BCUT2D eigenvalue weighted by Gasteiger charge is -2.54. The van der Waals surface area contributed by atoms with Crippen LogP contribution in [-0.4, -0.2) is 42.0 Å². The summed E-state index contributed by atoms with van der Waals surface area (Å²) < 4.78 is 0. The number of hydrogen-bond donors (Lipinski definition) is 1. The molecular weight excluding hydrogens is 400 g/mol. The second-order valence-corrected chi connectivity index (χ2v) is 10.0. The Hall–Kier alpha value is -2.89. The highest BCUT2D eigenvalue weighted by atomic mass is 16.2. The Morgan fingerprint density at radius 1 is 0.938 bits per heavy atom. The maximum absolute atomic E-state index is 12.9. The second kappa shape index (κ2) is 8.57. The van der Waals surface area contributed by atoms with Crippen molar-refractivity contribution in [2.24, 2.45) is 23.7 Å². The molecule has 1 aromatic carbocycles. The van der Waals surface area contributed by atoms with Crippen LogP contribution in [0.3, 0.4) is 0 Å². The number of carbonyl (C=O) groups is 2. The van der Waals surface area contributed by atoms with Crippen LogP contribution in [0, 0.1) is 23.7 Å². The molecule has 3 amide bonds. The number of hydrogen-bond acceptors (Lipinski definition) is 3. The van der Waals surface area contributed by atoms with Crippen molar-refractivity contribution in [1.29, 1.82) is 0 Å². The lowest BCUT2D eigenvalue weighted by Crippen LogP contribution is -2.55. The quantitative estimate of drug-likeness (QED) is 0.765. The number of urea groups is 1. The fourth-order valence-electron chi connectivity index (χ4n) is 6.40. The fraction of sp³-hybridized carbons (Fsp3) is 0.500. The second-order valence-electron chi connectivity index (χ2n) is 10.0. The standard InChI is InChI=1S/C26H32N4O2/c1-29(26(32)30(2)23-5-3-4-10-27-23)16-17-6-8-20(9-7-17)25(31)28-24-21-12-18-11-19(14-21)15-22(24)13-18/h3-10,18-19,21-22,24H,11-16H2,1-2H3,(H,28,31). The van der Waals surface area contributed by atoms with Gasteiger partial charge in [0.25, 0.3) is 5.91 Å². The summed E-state index contributed by atoms with van der Waals surface area (Å²) in [6.45, 7) is 0.466. The Balaban J connectivity index is 1.18. The van der Waals surface area contributed by atoms with Gasteiger partial charge in [0.2, 0.25) is 0 Å². The third kappa shape index (κ3) is 4.10. The first-order valence-corrected chi connectivity index (χ1v) is 11.8. The molecule has 4 aliphatic carbocycles. The van der Waals surface area contributed by atoms with Crippen molar-refractivity contribution >= 4 is 17.8 Å². The number of nitrogens with one attached hydrogen (secondary N) is 1. The van der Waals surface area contributed by atoms with E-state index in [0.717, 1.165) is 17.4 Å². The number of nitrogens with zero attached hydrogens (tertiary/aromatic N) is 3. The van der Waals surface area contributed by atoms with Crippen molar-refractivity contribution in [3.8, 4) is 0 Å². The molecule has 6 nitrogen and oxygen atoms in total. The maximum atomic E-state index is 12.9. The van der Waals surface area contributed by atoms with Gasteiger partial charge in [0.1, 0.15) is 5.82 Å². The maximum Gasteiger partial charge on any atom is 0.325 e. The van der Waals surface area contributed by atoms with Gasteiger partial charge in [-0.05, 0) is 85.6 Å². The van der Waals surface area contributed by atoms with Crippen molar-refractivity contribution in [2.75, 3.05) is 19.0 Å². The molecule has 4 fully saturated rings. The van der Waals surface area contributed by atoms with Crippen molar-refractivity contribution in [3.05, 3.63) is 59.8 Å². The first kappa shape index (κ1) is 21.0. The predicted molar refractivity (Wildman–Crippen MR) is 124 cm³/mol. The molecule has 2 aromatic rings. The number of benzene rings is 1. The van der Waals surface area contributed by atoms with Crippen molar-refractivity contribution in [1.82, 2.24) is 15.2 Å². The molecule has 6 heteroatoms. The van der Waals surface area contributed by atoms with Crippen LogP contribution >= 0.6 is 0 Å². The van der Waals surface area contributed by atoms with Gasteiger partial charge in [-0.1, -0.05) is 18.2 Å². The summed E-state index contributed by atoms with van der Waals surface area (Å²) in [5.74, 6) is 3.80. The Bertz CT molecular complexity index is 947. The Morgan fingerprint density at radius 3 is 2.19 bits per heavy atom. The summed E-state index contributed by atoms with van der Waals surface area (Å²) in [6, 6.07) is 13.3. The van der Waals surface area contributed by atoms with E-state index >= 15 is 0 Å². The molecule has 4 bridgehead atoms. The van der Waals surface area contributed by atoms with Gasteiger partial charge in [-0.25, -0.2) is 9.78 Å². The minimum Gasteiger partial charge on any atom is -0.349 e. The number of carbonyl (C=O) groups excluding carboxylic acids is 2. The Kier molecular flexibility index (Phi) is 5.62. The van der Waals surface area contributed by atoms with Crippen molar-refractivity contribution in [2.45, 2.75) is 44.7 Å². The highest BCUT2D eigenvalue weighted by Crippen LogP contribution is 2.53. The van der Waals surface area contributed by atoms with Crippen molar-refractivity contribution in [3.63, 3.8) is 0 Å². The van der Waals surface area contributed by atoms with E-state index in [9.17, 15) is 9.59 Å². The topological polar surface area (TPSA) is 65.5 Å². The van der Waals surface area contributed by atoms with Crippen LogP contribution in [0.2, 0.25) is 0 Å². The first-order chi connectivity index (χ1) is 15.5. The lowest BCUT2D eigenvalue weighted by molar-refractivity contribution is -0.0119. The third-order valence-electron chi connectivity index (χ3n) is 7.77. The number of pyridine rings is 1. The van der Waals surface area contributed by atoms with Crippen LogP contribution in [0.15, 0.2) is 48.7 Å². The largest absolute Gasteiger partial charge is 0.349 e. The zero-order chi connectivity index (χ0) is 22.2. The van der Waals surface area contributed by atoms with Gasteiger partial charge in [-0.3, -0.25) is 9.69 Å². The molecule has 4 saturated carbocycles. The van der Waals surface area contributed by atoms with Crippen molar-refractivity contribution < 1.29 is 9.59 Å². The van der Waals surface area contributed by atoms with E-state index in [1.807, 2.05) is 42.5 Å². The summed E-state index contributed by atoms with van der Waals surface area (Å²) >= 11 is 0. The van der Waals surface area contributed by atoms with E-state index in [-0.39, 0.29) is 11.9 Å². The van der Waals surface area contributed by atoms with Gasteiger partial charge in [0, 0.05) is 38.4 Å². The van der Waals surface area contributed by atoms with Crippen LogP contribution in [0.1, 0.15) is 48.0 Å². The molecule has 1 aromatic heterocycles. The number of anilines is 1. The normalized spacial score (nSPS) is 27.8. The summed E-state index contributed by atoms with van der Waals surface area (Å²) in [5, 5.41) is 3.37. The van der Waals surface area contributed by atoms with E-state index in [1.54, 1.807) is 25.2 Å².